The smallest absolute Gasteiger partial charge is 0.111 e. The minimum absolute atomic E-state index is 0.0285. The molecule has 0 radical (unpaired) electrons. The van der Waals surface area contributed by atoms with E-state index in [1.165, 1.54) is 0 Å². The molecule has 0 aromatic heterocycles. The largest absolute Gasteiger partial charge is 0.394 e. The fraction of sp³-hybridized carbons (Fsp3) is 1.00. The molecule has 0 saturated heterocycles. The molecule has 0 heterocycles. The van der Waals surface area contributed by atoms with Crippen LogP contribution in [0.3, 0.4) is 0 Å². The van der Waals surface area contributed by atoms with E-state index in [0.717, 1.165) is 4.90 Å². The van der Waals surface area contributed by atoms with E-state index < -0.39 is 125 Å². The van der Waals surface area contributed by atoms with Gasteiger partial charge in [-0.25, -0.2) is 0 Å². The number of nitrogens with zero attached hydrogens (tertiary/aromatic N) is 1. The maximum Gasteiger partial charge on any atom is 0.111 e. The molecular formula is C30H63IN2O21. The Hall–Kier alpha value is -0.190. The molecule has 0 saturated carbocycles. The number of aliphatic hydroxyl groups is 16. The Balaban J connectivity index is 4.57. The SMILES string of the molecule is OC[C@@H](O)[C@@H](O)[C@H](O)[C@@H](O)CN(CC(O)COCC(O)COCC(O)COCC(O)COCC(O)COCC(O)CNI)C[C@H](O)[C@@H](O)[C@H](O)[C@H](O)CO. The maximum atomic E-state index is 10.5. The molecule has 17 N–H and O–H groups in total. The lowest BCUT2D eigenvalue weighted by atomic mass is 10.0. The zero-order valence-corrected chi connectivity index (χ0v) is 32.1. The van der Waals surface area contributed by atoms with Gasteiger partial charge in [-0.2, -0.15) is 0 Å². The molecule has 0 aliphatic rings. The van der Waals surface area contributed by atoms with Gasteiger partial charge >= 0.3 is 0 Å². The first kappa shape index (κ1) is 53.8. The monoisotopic (exact) mass is 914 g/mol. The molecular weight excluding hydrogens is 851 g/mol. The third kappa shape index (κ3) is 25.2. The Morgan fingerprint density at radius 2 is 0.630 bits per heavy atom. The fourth-order valence-corrected chi connectivity index (χ4v) is 5.00. The summed E-state index contributed by atoms with van der Waals surface area (Å²) in [5, 5.41) is 158. The van der Waals surface area contributed by atoms with Gasteiger partial charge in [0.1, 0.15) is 61.0 Å². The third-order valence-electron chi connectivity index (χ3n) is 7.43. The lowest BCUT2D eigenvalue weighted by molar-refractivity contribution is -0.133. The zero-order chi connectivity index (χ0) is 41.2. The molecule has 0 amide bonds. The van der Waals surface area contributed by atoms with E-state index in [1.807, 2.05) is 22.9 Å². The van der Waals surface area contributed by atoms with Crippen molar-refractivity contribution in [3.05, 3.63) is 0 Å². The number of rotatable bonds is 36. The first-order valence-corrected chi connectivity index (χ1v) is 18.2. The topological polar surface area (TPSA) is 385 Å². The summed E-state index contributed by atoms with van der Waals surface area (Å²) in [4.78, 5) is 1.09. The molecule has 0 aliphatic heterocycles. The van der Waals surface area contributed by atoms with Crippen LogP contribution in [0.5, 0.6) is 0 Å². The Kier molecular flexibility index (Phi) is 31.6. The fourth-order valence-electron chi connectivity index (χ4n) is 4.49. The van der Waals surface area contributed by atoms with Gasteiger partial charge in [-0.1, -0.05) is 0 Å². The third-order valence-corrected chi connectivity index (χ3v) is 7.87. The number of ether oxygens (including phenoxy) is 5. The van der Waals surface area contributed by atoms with Gasteiger partial charge in [-0.15, -0.1) is 0 Å². The van der Waals surface area contributed by atoms with Gasteiger partial charge in [-0.3, -0.25) is 8.43 Å². The van der Waals surface area contributed by atoms with Crippen LogP contribution < -0.4 is 3.53 Å². The van der Waals surface area contributed by atoms with Crippen LogP contribution in [0.25, 0.3) is 0 Å². The summed E-state index contributed by atoms with van der Waals surface area (Å²) in [6.07, 6.45) is -21.8. The lowest BCUT2D eigenvalue weighted by Crippen LogP contribution is -2.54. The predicted molar refractivity (Wildman–Crippen MR) is 191 cm³/mol. The van der Waals surface area contributed by atoms with Gasteiger partial charge < -0.3 is 105 Å². The lowest BCUT2D eigenvalue weighted by Gasteiger charge is -2.34. The molecule has 0 aliphatic carbocycles. The van der Waals surface area contributed by atoms with E-state index in [9.17, 15) is 71.5 Å². The number of hydrogen-bond donors (Lipinski definition) is 17. The average Bonchev–Trinajstić information content (AvgIpc) is 3.12. The van der Waals surface area contributed by atoms with Crippen molar-refractivity contribution in [3.8, 4) is 0 Å². The van der Waals surface area contributed by atoms with Gasteiger partial charge in [0.05, 0.1) is 104 Å². The van der Waals surface area contributed by atoms with Crippen LogP contribution in [-0.4, -0.2) is 278 Å². The summed E-state index contributed by atoms with van der Waals surface area (Å²) in [7, 11) is 0. The van der Waals surface area contributed by atoms with Crippen molar-refractivity contribution in [1.82, 2.24) is 8.43 Å². The summed E-state index contributed by atoms with van der Waals surface area (Å²) in [5.41, 5.74) is 0. The highest BCUT2D eigenvalue weighted by atomic mass is 127. The second kappa shape index (κ2) is 31.8. The normalized spacial score (nSPS) is 20.3. The van der Waals surface area contributed by atoms with Crippen molar-refractivity contribution >= 4 is 22.9 Å². The van der Waals surface area contributed by atoms with E-state index in [4.69, 9.17) is 33.9 Å². The summed E-state index contributed by atoms with van der Waals surface area (Å²) < 4.78 is 28.8. The molecule has 6 unspecified atom stereocenters. The minimum Gasteiger partial charge on any atom is -0.394 e. The van der Waals surface area contributed by atoms with Crippen molar-refractivity contribution in [2.45, 2.75) is 85.5 Å². The highest BCUT2D eigenvalue weighted by Crippen LogP contribution is 2.12. The molecule has 0 aromatic rings. The molecule has 23 nitrogen and oxygen atoms in total. The number of halogens is 1. The van der Waals surface area contributed by atoms with Crippen molar-refractivity contribution < 1.29 is 105 Å². The second-order valence-electron chi connectivity index (χ2n) is 12.8. The number of nitrogens with one attached hydrogen (secondary N) is 1. The highest BCUT2D eigenvalue weighted by Gasteiger charge is 2.35. The van der Waals surface area contributed by atoms with Gasteiger partial charge in [0, 0.05) is 49.0 Å². The first-order valence-electron chi connectivity index (χ1n) is 17.2. The first-order chi connectivity index (χ1) is 25.5. The Morgan fingerprint density at radius 1 is 0.370 bits per heavy atom. The van der Waals surface area contributed by atoms with Gasteiger partial charge in [-0.05, 0) is 0 Å². The summed E-state index contributed by atoms with van der Waals surface area (Å²) >= 11 is 1.88. The Labute approximate surface area is 327 Å². The Bertz CT molecular complexity index is 852. The molecule has 0 fully saturated rings. The molecule has 0 spiro atoms. The average molecular weight is 915 g/mol. The zero-order valence-electron chi connectivity index (χ0n) is 29.9. The van der Waals surface area contributed by atoms with Crippen LogP contribution in [0, 0.1) is 0 Å². The van der Waals surface area contributed by atoms with Crippen LogP contribution >= 0.6 is 22.9 Å². The van der Waals surface area contributed by atoms with E-state index in [1.54, 1.807) is 0 Å². The Morgan fingerprint density at radius 3 is 0.907 bits per heavy atom. The minimum atomic E-state index is -2.01. The van der Waals surface area contributed by atoms with Crippen molar-refractivity contribution in [1.29, 1.82) is 0 Å². The summed E-state index contributed by atoms with van der Waals surface area (Å²) in [5.74, 6) is 0. The van der Waals surface area contributed by atoms with Crippen LogP contribution in [0.15, 0.2) is 0 Å². The van der Waals surface area contributed by atoms with Crippen LogP contribution in [0.1, 0.15) is 0 Å². The number of aliphatic hydroxyl groups excluding tert-OH is 16. The van der Waals surface area contributed by atoms with Crippen molar-refractivity contribution in [3.63, 3.8) is 0 Å². The molecule has 0 aromatic carbocycles. The van der Waals surface area contributed by atoms with Gasteiger partial charge in [0.15, 0.2) is 0 Å². The van der Waals surface area contributed by atoms with Crippen LogP contribution in [0.4, 0.5) is 0 Å². The maximum absolute atomic E-state index is 10.5. The molecule has 14 atom stereocenters. The molecule has 0 bridgehead atoms. The van der Waals surface area contributed by atoms with Crippen molar-refractivity contribution in [2.75, 3.05) is 105 Å². The molecule has 326 valence electrons. The van der Waals surface area contributed by atoms with Gasteiger partial charge in [0.25, 0.3) is 0 Å². The van der Waals surface area contributed by atoms with Crippen LogP contribution in [0.2, 0.25) is 0 Å². The summed E-state index contributed by atoms with van der Waals surface area (Å²) in [6.45, 7) is -5.28. The van der Waals surface area contributed by atoms with E-state index in [2.05, 4.69) is 3.53 Å². The molecule has 54 heavy (non-hydrogen) atoms. The van der Waals surface area contributed by atoms with E-state index >= 15 is 0 Å². The van der Waals surface area contributed by atoms with E-state index in [-0.39, 0.29) is 59.5 Å². The van der Waals surface area contributed by atoms with Gasteiger partial charge in [0.2, 0.25) is 0 Å². The van der Waals surface area contributed by atoms with Crippen molar-refractivity contribution in [2.24, 2.45) is 0 Å². The predicted octanol–water partition coefficient (Wildman–Crippen LogP) is -9.65. The van der Waals surface area contributed by atoms with E-state index in [0.29, 0.717) is 6.54 Å². The van der Waals surface area contributed by atoms with Crippen LogP contribution in [-0.2, 0) is 23.7 Å². The molecule has 0 rings (SSSR count). The second-order valence-corrected chi connectivity index (χ2v) is 13.5. The standard InChI is InChI=1S/C30H63IN2O21/c31-32-1-17(36)7-50-9-19(38)11-52-13-21(40)15-54-16-22(41)14-53-12-20(39)10-51-8-18(37)2-33(3-23(42)27(46)29(48)25(44)5-34)4-24(43)28(47)30(49)26(45)6-35/h17-30,32,34-49H,1-16H2/t17?,18?,19?,20?,21?,22?,23-,24-,25+,26+,27+,28+,29+,30+/m0/s1. The molecule has 24 heteroatoms. The summed E-state index contributed by atoms with van der Waals surface area (Å²) in [6, 6.07) is 0. The number of hydrogen-bond acceptors (Lipinski definition) is 23. The quantitative estimate of drug-likeness (QED) is 0.0205. The highest BCUT2D eigenvalue weighted by molar-refractivity contribution is 14.1.